The zero-order chi connectivity index (χ0) is 13.0. The molecule has 0 saturated carbocycles. The molecular formula is C11H12BrN5O. The molecule has 0 aliphatic rings. The number of hydrogen-bond donors (Lipinski definition) is 1. The number of carbonyl (C=O) groups excluding carboxylic acids is 1. The van der Waals surface area contributed by atoms with Crippen LogP contribution in [0.15, 0.2) is 31.0 Å². The number of aromatic nitrogens is 4. The molecule has 2 rings (SSSR count). The minimum atomic E-state index is -0.188. The summed E-state index contributed by atoms with van der Waals surface area (Å²) in [5.74, 6) is 0.573. The van der Waals surface area contributed by atoms with Gasteiger partial charge in [-0.05, 0) is 18.6 Å². The topological polar surface area (TPSA) is 72.7 Å². The van der Waals surface area contributed by atoms with E-state index in [4.69, 9.17) is 0 Å². The first-order chi connectivity index (χ1) is 8.70. The second-order valence-electron chi connectivity index (χ2n) is 3.61. The van der Waals surface area contributed by atoms with Gasteiger partial charge < -0.3 is 5.32 Å². The van der Waals surface area contributed by atoms with Gasteiger partial charge in [-0.25, -0.2) is 14.6 Å². The molecule has 6 nitrogen and oxygen atoms in total. The summed E-state index contributed by atoms with van der Waals surface area (Å²) in [6.07, 6.45) is 5.32. The molecule has 0 fully saturated rings. The molecule has 18 heavy (non-hydrogen) atoms. The molecule has 0 bridgehead atoms. The van der Waals surface area contributed by atoms with Gasteiger partial charge in [-0.15, -0.1) is 0 Å². The maximum absolute atomic E-state index is 11.6. The van der Waals surface area contributed by atoms with E-state index >= 15 is 0 Å². The van der Waals surface area contributed by atoms with E-state index in [2.05, 4.69) is 36.3 Å². The zero-order valence-corrected chi connectivity index (χ0v) is 11.3. The van der Waals surface area contributed by atoms with Gasteiger partial charge in [0.1, 0.15) is 12.7 Å². The van der Waals surface area contributed by atoms with Crippen LogP contribution < -0.4 is 5.32 Å². The van der Waals surface area contributed by atoms with Gasteiger partial charge in [0.15, 0.2) is 5.82 Å². The second kappa shape index (κ2) is 5.72. The summed E-state index contributed by atoms with van der Waals surface area (Å²) in [5.41, 5.74) is 0.654. The third-order valence-electron chi connectivity index (χ3n) is 2.31. The van der Waals surface area contributed by atoms with Crippen LogP contribution in [0, 0.1) is 0 Å². The van der Waals surface area contributed by atoms with Crippen LogP contribution >= 0.6 is 15.9 Å². The van der Waals surface area contributed by atoms with E-state index in [1.807, 2.05) is 6.92 Å². The van der Waals surface area contributed by atoms with Crippen molar-refractivity contribution in [1.82, 2.24) is 19.7 Å². The highest BCUT2D eigenvalue weighted by molar-refractivity contribution is 9.10. The molecule has 7 heteroatoms. The van der Waals surface area contributed by atoms with E-state index in [1.54, 1.807) is 29.3 Å². The fourth-order valence-corrected chi connectivity index (χ4v) is 1.44. The first-order valence-corrected chi connectivity index (χ1v) is 6.38. The van der Waals surface area contributed by atoms with Crippen LogP contribution in [0.4, 0.5) is 5.69 Å². The van der Waals surface area contributed by atoms with Crippen molar-refractivity contribution in [3.63, 3.8) is 0 Å². The highest BCUT2D eigenvalue weighted by Crippen LogP contribution is 2.12. The lowest BCUT2D eigenvalue weighted by molar-refractivity contribution is -0.115. The van der Waals surface area contributed by atoms with Crippen molar-refractivity contribution in [1.29, 1.82) is 0 Å². The van der Waals surface area contributed by atoms with Crippen molar-refractivity contribution in [2.75, 3.05) is 5.32 Å². The first kappa shape index (κ1) is 12.7. The van der Waals surface area contributed by atoms with Gasteiger partial charge in [-0.3, -0.25) is 4.79 Å². The van der Waals surface area contributed by atoms with E-state index in [-0.39, 0.29) is 10.7 Å². The molecule has 2 aromatic heterocycles. The van der Waals surface area contributed by atoms with Gasteiger partial charge in [0.2, 0.25) is 5.91 Å². The lowest BCUT2D eigenvalue weighted by Gasteiger charge is -2.08. The average molecular weight is 310 g/mol. The molecule has 1 unspecified atom stereocenters. The molecule has 0 radical (unpaired) electrons. The van der Waals surface area contributed by atoms with Gasteiger partial charge in [0, 0.05) is 0 Å². The van der Waals surface area contributed by atoms with Gasteiger partial charge in [-0.1, -0.05) is 22.9 Å². The molecule has 0 spiro atoms. The Morgan fingerprint density at radius 1 is 1.56 bits per heavy atom. The number of amides is 1. The standard InChI is InChI=1S/C11H12BrN5O/c1-2-9(12)11(18)16-8-3-4-10(14-5-8)17-7-13-6-15-17/h3-7,9H,2H2,1H3,(H,16,18). The van der Waals surface area contributed by atoms with Crippen LogP contribution in [0.5, 0.6) is 0 Å². The van der Waals surface area contributed by atoms with Crippen LogP contribution in [0.25, 0.3) is 5.82 Å². The summed E-state index contributed by atoms with van der Waals surface area (Å²) in [6, 6.07) is 3.54. The highest BCUT2D eigenvalue weighted by atomic mass is 79.9. The zero-order valence-electron chi connectivity index (χ0n) is 9.75. The Labute approximate surface area is 113 Å². The molecule has 0 aliphatic heterocycles. The van der Waals surface area contributed by atoms with E-state index in [1.165, 1.54) is 6.33 Å². The molecule has 1 atom stereocenters. The smallest absolute Gasteiger partial charge is 0.238 e. The normalized spacial score (nSPS) is 12.1. The van der Waals surface area contributed by atoms with Gasteiger partial charge in [-0.2, -0.15) is 5.10 Å². The predicted octanol–water partition coefficient (Wildman–Crippen LogP) is 1.77. The number of alkyl halides is 1. The van der Waals surface area contributed by atoms with Crippen LogP contribution in [0.2, 0.25) is 0 Å². The van der Waals surface area contributed by atoms with E-state index in [9.17, 15) is 4.79 Å². The largest absolute Gasteiger partial charge is 0.324 e. The summed E-state index contributed by atoms with van der Waals surface area (Å²) in [5, 5.41) is 6.74. The van der Waals surface area contributed by atoms with Crippen molar-refractivity contribution in [3.8, 4) is 5.82 Å². The number of halogens is 1. The monoisotopic (exact) mass is 309 g/mol. The minimum absolute atomic E-state index is 0.0761. The summed E-state index contributed by atoms with van der Waals surface area (Å²) < 4.78 is 1.55. The molecular weight excluding hydrogens is 298 g/mol. The van der Waals surface area contributed by atoms with Crippen LogP contribution in [-0.4, -0.2) is 30.5 Å². The van der Waals surface area contributed by atoms with Crippen LogP contribution in [-0.2, 0) is 4.79 Å². The summed E-state index contributed by atoms with van der Waals surface area (Å²) >= 11 is 3.29. The number of carbonyl (C=O) groups is 1. The summed E-state index contributed by atoms with van der Waals surface area (Å²) in [6.45, 7) is 1.94. The van der Waals surface area contributed by atoms with Crippen molar-refractivity contribution in [2.45, 2.75) is 18.2 Å². The van der Waals surface area contributed by atoms with Gasteiger partial charge >= 0.3 is 0 Å². The van der Waals surface area contributed by atoms with Crippen molar-refractivity contribution in [3.05, 3.63) is 31.0 Å². The SMILES string of the molecule is CCC(Br)C(=O)Nc1ccc(-n2cncn2)nc1. The Morgan fingerprint density at radius 2 is 2.39 bits per heavy atom. The Morgan fingerprint density at radius 3 is 2.94 bits per heavy atom. The average Bonchev–Trinajstić information content (AvgIpc) is 2.92. The van der Waals surface area contributed by atoms with Gasteiger partial charge in [0.25, 0.3) is 0 Å². The van der Waals surface area contributed by atoms with Crippen molar-refractivity contribution in [2.24, 2.45) is 0 Å². The number of rotatable bonds is 4. The Kier molecular flexibility index (Phi) is 4.03. The summed E-state index contributed by atoms with van der Waals surface area (Å²) in [7, 11) is 0. The lowest BCUT2D eigenvalue weighted by Crippen LogP contribution is -2.22. The molecule has 0 saturated heterocycles. The van der Waals surface area contributed by atoms with Crippen LogP contribution in [0.1, 0.15) is 13.3 Å². The number of nitrogens with zero attached hydrogens (tertiary/aromatic N) is 4. The number of hydrogen-bond acceptors (Lipinski definition) is 4. The molecule has 2 aromatic rings. The van der Waals surface area contributed by atoms with Crippen molar-refractivity contribution < 1.29 is 4.79 Å². The number of anilines is 1. The third-order valence-corrected chi connectivity index (χ3v) is 3.38. The van der Waals surface area contributed by atoms with Gasteiger partial charge in [0.05, 0.1) is 16.7 Å². The van der Waals surface area contributed by atoms with E-state index in [0.717, 1.165) is 6.42 Å². The molecule has 1 amide bonds. The maximum atomic E-state index is 11.6. The predicted molar refractivity (Wildman–Crippen MR) is 70.8 cm³/mol. The lowest BCUT2D eigenvalue weighted by atomic mass is 10.3. The Bertz CT molecular complexity index is 511. The molecule has 2 heterocycles. The van der Waals surface area contributed by atoms with E-state index < -0.39 is 0 Å². The first-order valence-electron chi connectivity index (χ1n) is 5.46. The number of pyridine rings is 1. The minimum Gasteiger partial charge on any atom is -0.324 e. The molecule has 1 N–H and O–H groups in total. The Hall–Kier alpha value is -1.76. The maximum Gasteiger partial charge on any atom is 0.238 e. The number of nitrogens with one attached hydrogen (secondary N) is 1. The van der Waals surface area contributed by atoms with Crippen LogP contribution in [0.3, 0.4) is 0 Å². The fraction of sp³-hybridized carbons (Fsp3) is 0.273. The third kappa shape index (κ3) is 2.92. The summed E-state index contributed by atoms with van der Waals surface area (Å²) in [4.78, 5) is 19.5. The molecule has 0 aromatic carbocycles. The Balaban J connectivity index is 2.06. The molecule has 94 valence electrons. The quantitative estimate of drug-likeness (QED) is 0.874. The van der Waals surface area contributed by atoms with E-state index in [0.29, 0.717) is 11.5 Å². The molecule has 0 aliphatic carbocycles. The fourth-order valence-electron chi connectivity index (χ4n) is 1.33. The second-order valence-corrected chi connectivity index (χ2v) is 4.72. The highest BCUT2D eigenvalue weighted by Gasteiger charge is 2.12. The van der Waals surface area contributed by atoms with Crippen molar-refractivity contribution >= 4 is 27.5 Å².